The van der Waals surface area contributed by atoms with Gasteiger partial charge in [0.05, 0.1) is 0 Å². The van der Waals surface area contributed by atoms with Crippen molar-refractivity contribution in [3.63, 3.8) is 0 Å². The van der Waals surface area contributed by atoms with Crippen LogP contribution in [0.5, 0.6) is 0 Å². The lowest BCUT2D eigenvalue weighted by Crippen LogP contribution is -2.36. The molecule has 1 heterocycles. The average Bonchev–Trinajstić information content (AvgIpc) is 3.32. The van der Waals surface area contributed by atoms with Crippen molar-refractivity contribution < 1.29 is 9.47 Å². The van der Waals surface area contributed by atoms with Gasteiger partial charge in [0, 0.05) is 12.3 Å². The highest BCUT2D eigenvalue weighted by atomic mass is 16.8. The van der Waals surface area contributed by atoms with Crippen molar-refractivity contribution in [3.8, 4) is 0 Å². The molecule has 1 aliphatic heterocycles. The van der Waals surface area contributed by atoms with Gasteiger partial charge >= 0.3 is 0 Å². The molecule has 0 radical (unpaired) electrons. The number of benzene rings is 2. The first-order chi connectivity index (χ1) is 11.4. The van der Waals surface area contributed by atoms with Crippen LogP contribution >= 0.6 is 0 Å². The Labute approximate surface area is 137 Å². The molecule has 2 aromatic carbocycles. The molecule has 0 N–H and O–H groups in total. The summed E-state index contributed by atoms with van der Waals surface area (Å²) in [6.07, 6.45) is 4.90. The van der Waals surface area contributed by atoms with Gasteiger partial charge in [0.25, 0.3) is 0 Å². The summed E-state index contributed by atoms with van der Waals surface area (Å²) in [4.78, 5) is 0. The fraction of sp³-hybridized carbons (Fsp3) is 0.429. The molecule has 2 heteroatoms. The van der Waals surface area contributed by atoms with E-state index < -0.39 is 0 Å². The lowest BCUT2D eigenvalue weighted by atomic mass is 9.94. The van der Waals surface area contributed by atoms with E-state index in [1.165, 1.54) is 30.4 Å². The summed E-state index contributed by atoms with van der Waals surface area (Å²) in [5, 5.41) is 0. The van der Waals surface area contributed by atoms with Crippen molar-refractivity contribution in [1.29, 1.82) is 0 Å². The zero-order valence-electron chi connectivity index (χ0n) is 13.2. The maximum absolute atomic E-state index is 6.67. The van der Waals surface area contributed by atoms with E-state index >= 15 is 0 Å². The minimum absolute atomic E-state index is 0.00190. The third kappa shape index (κ3) is 2.24. The Balaban J connectivity index is 1.54. The van der Waals surface area contributed by atoms with Crippen LogP contribution in [-0.2, 0) is 9.47 Å². The van der Waals surface area contributed by atoms with Gasteiger partial charge in [-0.1, -0.05) is 60.7 Å². The standard InChI is InChI=1S/C21H22O2/c1-3-8-15(9-4-1)19-20(16-10-5-2-6-11-16)23-21(22-19)13-7-12-17-14-18(17)21/h1-6,8-11,17-20H,7,12-14H2/t17-,18+,19-,20-/m1/s1. The summed E-state index contributed by atoms with van der Waals surface area (Å²) in [6, 6.07) is 21.1. The van der Waals surface area contributed by atoms with E-state index in [0.717, 1.165) is 12.3 Å². The number of fused-ring (bicyclic) bond motifs is 2. The molecule has 118 valence electrons. The van der Waals surface area contributed by atoms with E-state index in [9.17, 15) is 0 Å². The van der Waals surface area contributed by atoms with Crippen LogP contribution in [0, 0.1) is 11.8 Å². The molecule has 0 amide bonds. The molecule has 0 aromatic heterocycles. The highest BCUT2D eigenvalue weighted by Gasteiger charge is 2.62. The van der Waals surface area contributed by atoms with Gasteiger partial charge in [-0.2, -0.15) is 0 Å². The summed E-state index contributed by atoms with van der Waals surface area (Å²) in [6.45, 7) is 0. The summed E-state index contributed by atoms with van der Waals surface area (Å²) >= 11 is 0. The highest BCUT2D eigenvalue weighted by molar-refractivity contribution is 5.27. The molecule has 2 aromatic rings. The number of rotatable bonds is 2. The first-order valence-electron chi connectivity index (χ1n) is 8.81. The summed E-state index contributed by atoms with van der Waals surface area (Å²) in [5.41, 5.74) is 2.45. The maximum atomic E-state index is 6.67. The second kappa shape index (κ2) is 5.19. The van der Waals surface area contributed by atoms with Crippen LogP contribution in [0.2, 0.25) is 0 Å². The first-order valence-corrected chi connectivity index (χ1v) is 8.81. The van der Waals surface area contributed by atoms with Crippen LogP contribution in [0.1, 0.15) is 49.0 Å². The van der Waals surface area contributed by atoms with Crippen molar-refractivity contribution in [1.82, 2.24) is 0 Å². The van der Waals surface area contributed by atoms with Crippen LogP contribution in [0.25, 0.3) is 0 Å². The average molecular weight is 306 g/mol. The summed E-state index contributed by atoms with van der Waals surface area (Å²) in [5.74, 6) is 1.09. The molecule has 2 saturated carbocycles. The van der Waals surface area contributed by atoms with E-state index in [2.05, 4.69) is 60.7 Å². The molecule has 2 aliphatic carbocycles. The van der Waals surface area contributed by atoms with Gasteiger partial charge in [-0.25, -0.2) is 0 Å². The molecule has 0 unspecified atom stereocenters. The zero-order valence-corrected chi connectivity index (χ0v) is 13.2. The molecule has 23 heavy (non-hydrogen) atoms. The predicted molar refractivity (Wildman–Crippen MR) is 88.7 cm³/mol. The quantitative estimate of drug-likeness (QED) is 0.774. The van der Waals surface area contributed by atoms with E-state index in [0.29, 0.717) is 5.92 Å². The SMILES string of the molecule is c1ccc([C@H]2OC3(CCC[C@@H]4C[C@@H]43)O[C@@H]2c2ccccc2)cc1. The van der Waals surface area contributed by atoms with Crippen molar-refractivity contribution in [2.45, 2.75) is 43.7 Å². The van der Waals surface area contributed by atoms with Crippen LogP contribution in [0.4, 0.5) is 0 Å². The van der Waals surface area contributed by atoms with Crippen molar-refractivity contribution in [2.75, 3.05) is 0 Å². The maximum Gasteiger partial charge on any atom is 0.173 e. The second-order valence-corrected chi connectivity index (χ2v) is 7.20. The molecule has 3 aliphatic rings. The normalized spacial score (nSPS) is 34.3. The molecule has 1 spiro atoms. The fourth-order valence-electron chi connectivity index (χ4n) is 4.55. The monoisotopic (exact) mass is 306 g/mol. The Morgan fingerprint density at radius 1 is 0.783 bits per heavy atom. The number of hydrogen-bond acceptors (Lipinski definition) is 2. The Hall–Kier alpha value is -1.64. The van der Waals surface area contributed by atoms with E-state index in [1.54, 1.807) is 0 Å². The molecule has 3 fully saturated rings. The predicted octanol–water partition coefficient (Wildman–Crippen LogP) is 5.03. The molecule has 2 nitrogen and oxygen atoms in total. The minimum Gasteiger partial charge on any atom is -0.339 e. The smallest absolute Gasteiger partial charge is 0.173 e. The van der Waals surface area contributed by atoms with Crippen molar-refractivity contribution in [2.24, 2.45) is 11.8 Å². The molecule has 0 bridgehead atoms. The summed E-state index contributed by atoms with van der Waals surface area (Å²) < 4.78 is 13.3. The van der Waals surface area contributed by atoms with Crippen LogP contribution in [0.3, 0.4) is 0 Å². The zero-order chi connectivity index (χ0) is 15.3. The third-order valence-corrected chi connectivity index (χ3v) is 5.77. The molecule has 1 saturated heterocycles. The van der Waals surface area contributed by atoms with E-state index in [-0.39, 0.29) is 18.0 Å². The van der Waals surface area contributed by atoms with E-state index in [4.69, 9.17) is 9.47 Å². The van der Waals surface area contributed by atoms with Gasteiger partial charge in [-0.3, -0.25) is 0 Å². The molecule has 4 atom stereocenters. The highest BCUT2D eigenvalue weighted by Crippen LogP contribution is 2.63. The largest absolute Gasteiger partial charge is 0.339 e. The minimum atomic E-state index is -0.343. The van der Waals surface area contributed by atoms with Gasteiger partial charge in [-0.05, 0) is 36.3 Å². The fourth-order valence-corrected chi connectivity index (χ4v) is 4.55. The number of hydrogen-bond donors (Lipinski definition) is 0. The Morgan fingerprint density at radius 3 is 1.91 bits per heavy atom. The van der Waals surface area contributed by atoms with Crippen LogP contribution < -0.4 is 0 Å². The van der Waals surface area contributed by atoms with E-state index in [1.807, 2.05) is 0 Å². The molecular formula is C21H22O2. The van der Waals surface area contributed by atoms with Crippen LogP contribution in [0.15, 0.2) is 60.7 Å². The topological polar surface area (TPSA) is 18.5 Å². The van der Waals surface area contributed by atoms with Crippen LogP contribution in [-0.4, -0.2) is 5.79 Å². The first kappa shape index (κ1) is 13.8. The molecule has 5 rings (SSSR count). The Morgan fingerprint density at radius 2 is 1.35 bits per heavy atom. The second-order valence-electron chi connectivity index (χ2n) is 7.20. The molecular weight excluding hydrogens is 284 g/mol. The van der Waals surface area contributed by atoms with Gasteiger partial charge in [0.15, 0.2) is 5.79 Å². The Kier molecular flexibility index (Phi) is 3.10. The summed E-state index contributed by atoms with van der Waals surface area (Å²) in [7, 11) is 0. The van der Waals surface area contributed by atoms with Gasteiger partial charge < -0.3 is 9.47 Å². The third-order valence-electron chi connectivity index (χ3n) is 5.77. The Bertz CT molecular complexity index is 634. The van der Waals surface area contributed by atoms with Gasteiger partial charge in [0.2, 0.25) is 0 Å². The number of ether oxygens (including phenoxy) is 2. The lowest BCUT2D eigenvalue weighted by molar-refractivity contribution is -0.206. The lowest BCUT2D eigenvalue weighted by Gasteiger charge is -2.32. The van der Waals surface area contributed by atoms with Gasteiger partial charge in [-0.15, -0.1) is 0 Å². The van der Waals surface area contributed by atoms with Crippen molar-refractivity contribution >= 4 is 0 Å². The van der Waals surface area contributed by atoms with Crippen molar-refractivity contribution in [3.05, 3.63) is 71.8 Å². The van der Waals surface area contributed by atoms with Gasteiger partial charge in [0.1, 0.15) is 12.2 Å².